The number of nitrogens with zero attached hydrogens (tertiary/aromatic N) is 2. The van der Waals surface area contributed by atoms with Gasteiger partial charge in [0, 0.05) is 23.3 Å². The van der Waals surface area contributed by atoms with E-state index < -0.39 is 0 Å². The first-order valence-corrected chi connectivity index (χ1v) is 7.98. The van der Waals surface area contributed by atoms with E-state index in [4.69, 9.17) is 4.74 Å². The minimum Gasteiger partial charge on any atom is -0.484 e. The van der Waals surface area contributed by atoms with Crippen LogP contribution < -0.4 is 10.1 Å². The summed E-state index contributed by atoms with van der Waals surface area (Å²) in [5, 5.41) is 5.62. The van der Waals surface area contributed by atoms with Gasteiger partial charge in [-0.25, -0.2) is 4.98 Å². The summed E-state index contributed by atoms with van der Waals surface area (Å²) < 4.78 is 5.39. The largest absolute Gasteiger partial charge is 0.484 e. The molecule has 0 unspecified atom stereocenters. The van der Waals surface area contributed by atoms with E-state index in [0.717, 1.165) is 16.3 Å². The Bertz CT molecular complexity index is 760. The molecule has 0 aliphatic heterocycles. The summed E-state index contributed by atoms with van der Waals surface area (Å²) in [5.74, 6) is 0.500. The van der Waals surface area contributed by atoms with Crippen molar-refractivity contribution < 1.29 is 9.53 Å². The maximum atomic E-state index is 11.8. The van der Waals surface area contributed by atoms with Crippen LogP contribution >= 0.6 is 11.3 Å². The molecule has 2 aromatic heterocycles. The molecule has 0 aliphatic rings. The molecule has 0 fully saturated rings. The number of aromatic nitrogens is 2. The van der Waals surface area contributed by atoms with Crippen molar-refractivity contribution in [3.05, 3.63) is 65.9 Å². The molecule has 0 saturated heterocycles. The van der Waals surface area contributed by atoms with Crippen LogP contribution in [0, 0.1) is 0 Å². The smallest absolute Gasteiger partial charge is 0.258 e. The number of carbonyl (C=O) groups is 1. The van der Waals surface area contributed by atoms with Crippen molar-refractivity contribution in [2.24, 2.45) is 0 Å². The number of benzene rings is 1. The quantitative estimate of drug-likeness (QED) is 0.757. The Morgan fingerprint density at radius 1 is 1.17 bits per heavy atom. The molecular weight excluding hydrogens is 310 g/mol. The van der Waals surface area contributed by atoms with E-state index in [0.29, 0.717) is 12.3 Å². The number of thiazole rings is 1. The van der Waals surface area contributed by atoms with Gasteiger partial charge in [-0.1, -0.05) is 18.2 Å². The van der Waals surface area contributed by atoms with Crippen LogP contribution in [0.5, 0.6) is 5.75 Å². The highest BCUT2D eigenvalue weighted by Gasteiger charge is 2.07. The first-order valence-electron chi connectivity index (χ1n) is 7.10. The standard InChI is InChI=1S/C17H15N3O2S/c21-16(11-22-15-6-2-1-3-7-15)19-10-14-12-23-17(20-14)13-5-4-8-18-9-13/h1-9,12H,10-11H2,(H,19,21). The van der Waals surface area contributed by atoms with Gasteiger partial charge in [-0.15, -0.1) is 11.3 Å². The lowest BCUT2D eigenvalue weighted by molar-refractivity contribution is -0.123. The van der Waals surface area contributed by atoms with Gasteiger partial charge >= 0.3 is 0 Å². The lowest BCUT2D eigenvalue weighted by atomic mass is 10.3. The van der Waals surface area contributed by atoms with E-state index in [2.05, 4.69) is 15.3 Å². The molecule has 2 heterocycles. The van der Waals surface area contributed by atoms with Gasteiger partial charge in [0.2, 0.25) is 0 Å². The monoisotopic (exact) mass is 325 g/mol. The molecule has 0 aliphatic carbocycles. The summed E-state index contributed by atoms with van der Waals surface area (Å²) in [6.45, 7) is 0.372. The van der Waals surface area contributed by atoms with Gasteiger partial charge in [-0.3, -0.25) is 9.78 Å². The number of rotatable bonds is 6. The summed E-state index contributed by atoms with van der Waals surface area (Å²) in [7, 11) is 0. The van der Waals surface area contributed by atoms with Crippen LogP contribution in [0.15, 0.2) is 60.2 Å². The second kappa shape index (κ2) is 7.51. The van der Waals surface area contributed by atoms with Gasteiger partial charge in [0.15, 0.2) is 6.61 Å². The van der Waals surface area contributed by atoms with E-state index in [1.165, 1.54) is 11.3 Å². The molecule has 23 heavy (non-hydrogen) atoms. The number of ether oxygens (including phenoxy) is 1. The lowest BCUT2D eigenvalue weighted by Gasteiger charge is -2.06. The minimum absolute atomic E-state index is 0.0103. The van der Waals surface area contributed by atoms with Crippen molar-refractivity contribution in [1.29, 1.82) is 0 Å². The third-order valence-electron chi connectivity index (χ3n) is 3.04. The zero-order chi connectivity index (χ0) is 15.9. The molecule has 1 N–H and O–H groups in total. The van der Waals surface area contributed by atoms with Gasteiger partial charge in [0.25, 0.3) is 5.91 Å². The van der Waals surface area contributed by atoms with Crippen LogP contribution in [0.4, 0.5) is 0 Å². The second-order valence-corrected chi connectivity index (χ2v) is 5.62. The zero-order valence-electron chi connectivity index (χ0n) is 12.3. The Labute approximate surface area is 138 Å². The third-order valence-corrected chi connectivity index (χ3v) is 3.98. The molecule has 116 valence electrons. The fraction of sp³-hybridized carbons (Fsp3) is 0.118. The average molecular weight is 325 g/mol. The maximum Gasteiger partial charge on any atom is 0.258 e. The predicted molar refractivity (Wildman–Crippen MR) is 89.1 cm³/mol. The Morgan fingerprint density at radius 2 is 2.04 bits per heavy atom. The van der Waals surface area contributed by atoms with Crippen LogP contribution in [-0.2, 0) is 11.3 Å². The van der Waals surface area contributed by atoms with Crippen LogP contribution in [0.2, 0.25) is 0 Å². The second-order valence-electron chi connectivity index (χ2n) is 4.76. The Morgan fingerprint density at radius 3 is 2.83 bits per heavy atom. The van der Waals surface area contributed by atoms with Crippen molar-refractivity contribution >= 4 is 17.2 Å². The molecule has 1 aromatic carbocycles. The summed E-state index contributed by atoms with van der Waals surface area (Å²) in [4.78, 5) is 20.4. The fourth-order valence-corrected chi connectivity index (χ4v) is 2.73. The van der Waals surface area contributed by atoms with Gasteiger partial charge in [-0.2, -0.15) is 0 Å². The van der Waals surface area contributed by atoms with E-state index in [1.807, 2.05) is 47.8 Å². The molecule has 3 aromatic rings. The van der Waals surface area contributed by atoms with Crippen molar-refractivity contribution in [2.45, 2.75) is 6.54 Å². The number of pyridine rings is 1. The van der Waals surface area contributed by atoms with E-state index in [-0.39, 0.29) is 12.5 Å². The van der Waals surface area contributed by atoms with Crippen LogP contribution in [0.25, 0.3) is 10.6 Å². The first-order chi connectivity index (χ1) is 11.3. The molecule has 0 bridgehead atoms. The molecule has 1 amide bonds. The summed E-state index contributed by atoms with van der Waals surface area (Å²) >= 11 is 1.53. The zero-order valence-corrected chi connectivity index (χ0v) is 13.1. The molecule has 3 rings (SSSR count). The third kappa shape index (κ3) is 4.37. The highest BCUT2D eigenvalue weighted by Crippen LogP contribution is 2.22. The number of hydrogen-bond acceptors (Lipinski definition) is 5. The van der Waals surface area contributed by atoms with E-state index in [1.54, 1.807) is 12.4 Å². The van der Waals surface area contributed by atoms with Crippen LogP contribution in [0.3, 0.4) is 0 Å². The highest BCUT2D eigenvalue weighted by atomic mass is 32.1. The Balaban J connectivity index is 1.49. The van der Waals surface area contributed by atoms with Gasteiger partial charge in [0.05, 0.1) is 12.2 Å². The molecule has 0 radical (unpaired) electrons. The van der Waals surface area contributed by atoms with Crippen molar-refractivity contribution in [3.8, 4) is 16.3 Å². The van der Waals surface area contributed by atoms with Crippen molar-refractivity contribution in [2.75, 3.05) is 6.61 Å². The fourth-order valence-electron chi connectivity index (χ4n) is 1.92. The highest BCUT2D eigenvalue weighted by molar-refractivity contribution is 7.13. The molecular formula is C17H15N3O2S. The van der Waals surface area contributed by atoms with Crippen molar-refractivity contribution in [3.63, 3.8) is 0 Å². The molecule has 0 saturated carbocycles. The van der Waals surface area contributed by atoms with Crippen LogP contribution in [-0.4, -0.2) is 22.5 Å². The maximum absolute atomic E-state index is 11.8. The van der Waals surface area contributed by atoms with Crippen LogP contribution in [0.1, 0.15) is 5.69 Å². The van der Waals surface area contributed by atoms with Gasteiger partial charge in [-0.05, 0) is 24.3 Å². The number of nitrogens with one attached hydrogen (secondary N) is 1. The van der Waals surface area contributed by atoms with E-state index >= 15 is 0 Å². The topological polar surface area (TPSA) is 64.1 Å². The SMILES string of the molecule is O=C(COc1ccccc1)NCc1csc(-c2cccnc2)n1. The first kappa shape index (κ1) is 15.2. The number of para-hydroxylation sites is 1. The number of carbonyl (C=O) groups excluding carboxylic acids is 1. The molecule has 0 atom stereocenters. The molecule has 6 heteroatoms. The average Bonchev–Trinajstić information content (AvgIpc) is 3.09. The van der Waals surface area contributed by atoms with Crippen molar-refractivity contribution in [1.82, 2.24) is 15.3 Å². The lowest BCUT2D eigenvalue weighted by Crippen LogP contribution is -2.28. The Kier molecular flexibility index (Phi) is 4.95. The molecule has 5 nitrogen and oxygen atoms in total. The summed E-state index contributed by atoms with van der Waals surface area (Å²) in [6, 6.07) is 13.1. The summed E-state index contributed by atoms with van der Waals surface area (Å²) in [5.41, 5.74) is 1.80. The normalized spacial score (nSPS) is 10.3. The number of amides is 1. The molecule has 0 spiro atoms. The Hall–Kier alpha value is -2.73. The number of hydrogen-bond donors (Lipinski definition) is 1. The predicted octanol–water partition coefficient (Wildman–Crippen LogP) is 2.90. The van der Waals surface area contributed by atoms with Gasteiger partial charge in [0.1, 0.15) is 10.8 Å². The minimum atomic E-state index is -0.176. The van der Waals surface area contributed by atoms with Gasteiger partial charge < -0.3 is 10.1 Å². The van der Waals surface area contributed by atoms with E-state index in [9.17, 15) is 4.79 Å². The summed E-state index contributed by atoms with van der Waals surface area (Å²) in [6.07, 6.45) is 3.50.